The average molecular weight is 407 g/mol. The highest BCUT2D eigenvalue weighted by molar-refractivity contribution is 7.90. The molecule has 1 fully saturated rings. The Kier molecular flexibility index (Phi) is 4.70. The third-order valence-electron chi connectivity index (χ3n) is 3.82. The number of rotatable bonds is 4. The van der Waals surface area contributed by atoms with Crippen molar-refractivity contribution in [1.82, 2.24) is 9.71 Å². The van der Waals surface area contributed by atoms with Crippen LogP contribution in [-0.2, 0) is 14.8 Å². The molecule has 132 valence electrons. The van der Waals surface area contributed by atoms with E-state index in [9.17, 15) is 22.0 Å². The summed E-state index contributed by atoms with van der Waals surface area (Å²) in [4.78, 5) is 15.4. The molecular formula is C15H10Cl2F2N2O3S. The van der Waals surface area contributed by atoms with Crippen LogP contribution >= 0.6 is 23.2 Å². The summed E-state index contributed by atoms with van der Waals surface area (Å²) in [5, 5.41) is -0.154. The minimum atomic E-state index is -4.20. The summed E-state index contributed by atoms with van der Waals surface area (Å²) in [6.07, 6.45) is 1.18. The van der Waals surface area contributed by atoms with Crippen LogP contribution in [0.25, 0.3) is 0 Å². The summed E-state index contributed by atoms with van der Waals surface area (Å²) in [6.45, 7) is 0. The quantitative estimate of drug-likeness (QED) is 0.790. The molecule has 1 saturated carbocycles. The highest BCUT2D eigenvalue weighted by atomic mass is 35.5. The van der Waals surface area contributed by atoms with Gasteiger partial charge in [0.1, 0.15) is 10.0 Å². The molecule has 1 amide bonds. The van der Waals surface area contributed by atoms with Gasteiger partial charge in [0.2, 0.25) is 5.91 Å². The Morgan fingerprint density at radius 3 is 2.68 bits per heavy atom. The lowest BCUT2D eigenvalue weighted by atomic mass is 10.1. The molecule has 0 radical (unpaired) electrons. The first kappa shape index (κ1) is 18.0. The van der Waals surface area contributed by atoms with Gasteiger partial charge in [-0.25, -0.2) is 26.9 Å². The van der Waals surface area contributed by atoms with Crippen molar-refractivity contribution in [3.05, 3.63) is 57.8 Å². The summed E-state index contributed by atoms with van der Waals surface area (Å²) < 4.78 is 53.3. The first-order valence-corrected chi connectivity index (χ1v) is 9.26. The molecule has 0 aliphatic heterocycles. The highest BCUT2D eigenvalue weighted by Crippen LogP contribution is 2.48. The number of hydrogen-bond donors (Lipinski definition) is 1. The van der Waals surface area contributed by atoms with Crippen LogP contribution in [0.3, 0.4) is 0 Å². The first-order valence-electron chi connectivity index (χ1n) is 7.02. The van der Waals surface area contributed by atoms with Gasteiger partial charge in [0.05, 0.1) is 5.02 Å². The van der Waals surface area contributed by atoms with Gasteiger partial charge in [0.15, 0.2) is 11.6 Å². The molecule has 10 heteroatoms. The fraction of sp³-hybridized carbons (Fsp3) is 0.200. The average Bonchev–Trinajstić information content (AvgIpc) is 3.32. The van der Waals surface area contributed by atoms with E-state index in [1.165, 1.54) is 12.1 Å². The Morgan fingerprint density at radius 2 is 2.00 bits per heavy atom. The molecule has 1 heterocycles. The number of hydrogen-bond acceptors (Lipinski definition) is 4. The Balaban J connectivity index is 1.75. The van der Waals surface area contributed by atoms with E-state index >= 15 is 0 Å². The summed E-state index contributed by atoms with van der Waals surface area (Å²) in [5.41, 5.74) is 0.0498. The van der Waals surface area contributed by atoms with Gasteiger partial charge in [-0.3, -0.25) is 4.79 Å². The van der Waals surface area contributed by atoms with E-state index in [2.05, 4.69) is 4.98 Å². The number of aromatic nitrogens is 1. The molecule has 25 heavy (non-hydrogen) atoms. The van der Waals surface area contributed by atoms with Gasteiger partial charge in [-0.1, -0.05) is 35.3 Å². The third kappa shape index (κ3) is 3.61. The van der Waals surface area contributed by atoms with E-state index in [1.807, 2.05) is 4.72 Å². The third-order valence-corrected chi connectivity index (χ3v) is 5.82. The normalized spacial score (nSPS) is 19.5. The lowest BCUT2D eigenvalue weighted by molar-refractivity contribution is -0.120. The summed E-state index contributed by atoms with van der Waals surface area (Å²) in [6, 6.07) is 4.73. The number of amides is 1. The molecule has 5 nitrogen and oxygen atoms in total. The number of carbonyl (C=O) groups is 1. The van der Waals surface area contributed by atoms with E-state index < -0.39 is 39.4 Å². The standard InChI is InChI=1S/C15H10Cl2F2N2O3S/c16-11-4-7(6-20-14(11)17)25(23,24)21-15(22)10-5-9(10)8-2-1-3-12(18)13(8)19/h1-4,6,9-10H,5H2,(H,21,22). The second-order valence-electron chi connectivity index (χ2n) is 5.51. The molecule has 0 spiro atoms. The molecular weight excluding hydrogens is 397 g/mol. The molecule has 1 aromatic heterocycles. The van der Waals surface area contributed by atoms with Crippen LogP contribution in [0.15, 0.2) is 35.4 Å². The van der Waals surface area contributed by atoms with E-state index in [0.29, 0.717) is 0 Å². The molecule has 1 N–H and O–H groups in total. The number of nitrogens with one attached hydrogen (secondary N) is 1. The van der Waals surface area contributed by atoms with Crippen LogP contribution in [0.4, 0.5) is 8.78 Å². The Morgan fingerprint density at radius 1 is 1.28 bits per heavy atom. The van der Waals surface area contributed by atoms with Crippen LogP contribution < -0.4 is 4.72 Å². The summed E-state index contributed by atoms with van der Waals surface area (Å²) >= 11 is 11.3. The van der Waals surface area contributed by atoms with Gasteiger partial charge >= 0.3 is 0 Å². The molecule has 2 unspecified atom stereocenters. The van der Waals surface area contributed by atoms with Gasteiger partial charge in [0.25, 0.3) is 10.0 Å². The number of halogens is 4. The zero-order chi connectivity index (χ0) is 18.4. The smallest absolute Gasteiger partial charge is 0.265 e. The monoisotopic (exact) mass is 406 g/mol. The fourth-order valence-electron chi connectivity index (χ4n) is 2.45. The second kappa shape index (κ2) is 6.51. The van der Waals surface area contributed by atoms with Crippen LogP contribution in [-0.4, -0.2) is 19.3 Å². The summed E-state index contributed by atoms with van der Waals surface area (Å²) in [5.74, 6) is -4.18. The van der Waals surface area contributed by atoms with Crippen molar-refractivity contribution in [3.63, 3.8) is 0 Å². The van der Waals surface area contributed by atoms with Crippen LogP contribution in [0.1, 0.15) is 17.9 Å². The molecule has 2 atom stereocenters. The SMILES string of the molecule is O=C(NS(=O)(=O)c1cnc(Cl)c(Cl)c1)C1CC1c1cccc(F)c1F. The van der Waals surface area contributed by atoms with Crippen molar-refractivity contribution in [1.29, 1.82) is 0 Å². The minimum Gasteiger partial charge on any atom is -0.274 e. The Hall–Kier alpha value is -1.77. The molecule has 1 aliphatic carbocycles. The predicted octanol–water partition coefficient (Wildman–Crippen LogP) is 3.28. The molecule has 0 saturated heterocycles. The number of carbonyl (C=O) groups excluding carboxylic acids is 1. The largest absolute Gasteiger partial charge is 0.274 e. The highest BCUT2D eigenvalue weighted by Gasteiger charge is 2.46. The molecule has 0 bridgehead atoms. The predicted molar refractivity (Wildman–Crippen MR) is 86.8 cm³/mol. The zero-order valence-electron chi connectivity index (χ0n) is 12.3. The van der Waals surface area contributed by atoms with E-state index in [4.69, 9.17) is 23.2 Å². The van der Waals surface area contributed by atoms with E-state index in [-0.39, 0.29) is 27.1 Å². The van der Waals surface area contributed by atoms with Crippen molar-refractivity contribution in [2.45, 2.75) is 17.2 Å². The lowest BCUT2D eigenvalue weighted by Crippen LogP contribution is -2.32. The molecule has 3 rings (SSSR count). The number of benzene rings is 1. The van der Waals surface area contributed by atoms with Gasteiger partial charge in [0, 0.05) is 12.1 Å². The maximum atomic E-state index is 13.8. The fourth-order valence-corrected chi connectivity index (χ4v) is 3.79. The lowest BCUT2D eigenvalue weighted by Gasteiger charge is -2.08. The summed E-state index contributed by atoms with van der Waals surface area (Å²) in [7, 11) is -4.20. The minimum absolute atomic E-state index is 0.0498. The zero-order valence-corrected chi connectivity index (χ0v) is 14.7. The van der Waals surface area contributed by atoms with Crippen LogP contribution in [0.2, 0.25) is 10.2 Å². The Labute approximate surface area is 152 Å². The van der Waals surface area contributed by atoms with Gasteiger partial charge < -0.3 is 0 Å². The maximum Gasteiger partial charge on any atom is 0.265 e. The van der Waals surface area contributed by atoms with Crippen molar-refractivity contribution < 1.29 is 22.0 Å². The van der Waals surface area contributed by atoms with Crippen molar-refractivity contribution in [3.8, 4) is 0 Å². The van der Waals surface area contributed by atoms with Crippen LogP contribution in [0.5, 0.6) is 0 Å². The van der Waals surface area contributed by atoms with E-state index in [0.717, 1.165) is 18.3 Å². The van der Waals surface area contributed by atoms with E-state index in [1.54, 1.807) is 0 Å². The topological polar surface area (TPSA) is 76.1 Å². The van der Waals surface area contributed by atoms with Crippen molar-refractivity contribution in [2.75, 3.05) is 0 Å². The van der Waals surface area contributed by atoms with Crippen molar-refractivity contribution in [2.24, 2.45) is 5.92 Å². The van der Waals surface area contributed by atoms with Crippen molar-refractivity contribution >= 4 is 39.1 Å². The maximum absolute atomic E-state index is 13.8. The molecule has 2 aromatic rings. The number of pyridine rings is 1. The van der Waals surface area contributed by atoms with Gasteiger partial charge in [-0.05, 0) is 30.0 Å². The Bertz CT molecular complexity index is 969. The van der Waals surface area contributed by atoms with Gasteiger partial charge in [-0.2, -0.15) is 0 Å². The molecule has 1 aromatic carbocycles. The second-order valence-corrected chi connectivity index (χ2v) is 7.95. The number of nitrogens with zero attached hydrogens (tertiary/aromatic N) is 1. The number of sulfonamides is 1. The van der Waals surface area contributed by atoms with Crippen LogP contribution in [0, 0.1) is 17.6 Å². The first-order chi connectivity index (χ1) is 11.7. The molecule has 1 aliphatic rings. The van der Waals surface area contributed by atoms with Gasteiger partial charge in [-0.15, -0.1) is 0 Å².